The van der Waals surface area contributed by atoms with E-state index < -0.39 is 0 Å². The highest BCUT2D eigenvalue weighted by Crippen LogP contribution is 2.28. The molecule has 0 spiro atoms. The van der Waals surface area contributed by atoms with Crippen LogP contribution in [0.4, 0.5) is 0 Å². The van der Waals surface area contributed by atoms with Crippen molar-refractivity contribution >= 4 is 22.5 Å². The third-order valence-electron chi connectivity index (χ3n) is 4.12. The summed E-state index contributed by atoms with van der Waals surface area (Å²) in [4.78, 5) is 21.8. The van der Waals surface area contributed by atoms with E-state index in [1.165, 1.54) is 5.57 Å². The van der Waals surface area contributed by atoms with E-state index in [1.54, 1.807) is 24.1 Å². The van der Waals surface area contributed by atoms with Crippen LogP contribution >= 0.6 is 0 Å². The van der Waals surface area contributed by atoms with Gasteiger partial charge in [0.05, 0.1) is 11.0 Å². The van der Waals surface area contributed by atoms with Crippen LogP contribution in [-0.4, -0.2) is 39.0 Å². The smallest absolute Gasteiger partial charge is 0.276 e. The first-order chi connectivity index (χ1) is 11.2. The van der Waals surface area contributed by atoms with Crippen molar-refractivity contribution in [3.8, 4) is 0 Å². The van der Waals surface area contributed by atoms with E-state index in [2.05, 4.69) is 21.2 Å². The van der Waals surface area contributed by atoms with Gasteiger partial charge in [0, 0.05) is 37.1 Å². The first-order valence-electron chi connectivity index (χ1n) is 7.56. The summed E-state index contributed by atoms with van der Waals surface area (Å²) in [7, 11) is 0. The molecule has 0 unspecified atom stereocenters. The van der Waals surface area contributed by atoms with Crippen molar-refractivity contribution in [2.24, 2.45) is 0 Å². The van der Waals surface area contributed by atoms with Crippen LogP contribution in [0.15, 0.2) is 41.2 Å². The molecule has 1 aliphatic rings. The SMILES string of the molecule is Cc1cc(C(=O)N2CC=C(c3c[nH]c4cccnc34)CC2)no1. The maximum atomic E-state index is 12.4. The van der Waals surface area contributed by atoms with Crippen LogP contribution in [0.3, 0.4) is 0 Å². The molecule has 1 amide bonds. The summed E-state index contributed by atoms with van der Waals surface area (Å²) in [6.07, 6.45) is 6.67. The zero-order chi connectivity index (χ0) is 15.8. The number of hydrogen-bond acceptors (Lipinski definition) is 4. The normalized spacial score (nSPS) is 15.0. The molecule has 3 aromatic heterocycles. The molecule has 0 aliphatic carbocycles. The summed E-state index contributed by atoms with van der Waals surface area (Å²) in [5.41, 5.74) is 4.71. The van der Waals surface area contributed by atoms with Gasteiger partial charge in [-0.05, 0) is 31.1 Å². The third kappa shape index (κ3) is 2.42. The second-order valence-electron chi connectivity index (χ2n) is 5.66. The van der Waals surface area contributed by atoms with Crippen molar-refractivity contribution in [1.82, 2.24) is 20.0 Å². The standard InChI is InChI=1S/C17H16N4O2/c1-11-9-15(20-23-11)17(22)21-7-4-12(5-8-21)13-10-19-14-3-2-6-18-16(13)14/h2-4,6,9-10,19H,5,7-8H2,1H3. The molecule has 4 heterocycles. The summed E-state index contributed by atoms with van der Waals surface area (Å²) < 4.78 is 4.98. The van der Waals surface area contributed by atoms with Gasteiger partial charge in [0.25, 0.3) is 5.91 Å². The lowest BCUT2D eigenvalue weighted by Gasteiger charge is -2.25. The highest BCUT2D eigenvalue weighted by molar-refractivity contribution is 5.94. The predicted molar refractivity (Wildman–Crippen MR) is 85.8 cm³/mol. The van der Waals surface area contributed by atoms with E-state index in [0.29, 0.717) is 24.5 Å². The van der Waals surface area contributed by atoms with Gasteiger partial charge in [-0.2, -0.15) is 0 Å². The number of aryl methyl sites for hydroxylation is 1. The summed E-state index contributed by atoms with van der Waals surface area (Å²) >= 11 is 0. The monoisotopic (exact) mass is 308 g/mol. The van der Waals surface area contributed by atoms with Gasteiger partial charge in [-0.15, -0.1) is 0 Å². The largest absolute Gasteiger partial charge is 0.361 e. The molecule has 3 aromatic rings. The van der Waals surface area contributed by atoms with Crippen molar-refractivity contribution < 1.29 is 9.32 Å². The number of amides is 1. The van der Waals surface area contributed by atoms with Crippen molar-refractivity contribution in [3.05, 3.63) is 53.7 Å². The van der Waals surface area contributed by atoms with Gasteiger partial charge in [-0.25, -0.2) is 0 Å². The van der Waals surface area contributed by atoms with Crippen LogP contribution in [0.5, 0.6) is 0 Å². The fourth-order valence-corrected chi connectivity index (χ4v) is 2.93. The molecule has 0 bridgehead atoms. The number of aromatic amines is 1. The molecular weight excluding hydrogens is 292 g/mol. The van der Waals surface area contributed by atoms with Gasteiger partial charge in [0.2, 0.25) is 0 Å². The number of nitrogens with zero attached hydrogens (tertiary/aromatic N) is 3. The van der Waals surface area contributed by atoms with Gasteiger partial charge in [0.1, 0.15) is 5.76 Å². The Kier molecular flexibility index (Phi) is 3.22. The molecule has 1 N–H and O–H groups in total. The number of pyridine rings is 1. The number of fused-ring (bicyclic) bond motifs is 1. The van der Waals surface area contributed by atoms with E-state index in [-0.39, 0.29) is 5.91 Å². The van der Waals surface area contributed by atoms with Gasteiger partial charge in [0.15, 0.2) is 5.69 Å². The van der Waals surface area contributed by atoms with Gasteiger partial charge in [-0.3, -0.25) is 9.78 Å². The molecule has 0 saturated carbocycles. The minimum absolute atomic E-state index is 0.0887. The Balaban J connectivity index is 1.56. The Morgan fingerprint density at radius 2 is 2.35 bits per heavy atom. The van der Waals surface area contributed by atoms with Crippen LogP contribution in [0.2, 0.25) is 0 Å². The van der Waals surface area contributed by atoms with Gasteiger partial charge < -0.3 is 14.4 Å². The number of rotatable bonds is 2. The fraction of sp³-hybridized carbons (Fsp3) is 0.235. The minimum atomic E-state index is -0.0887. The third-order valence-corrected chi connectivity index (χ3v) is 4.12. The first-order valence-corrected chi connectivity index (χ1v) is 7.56. The second-order valence-corrected chi connectivity index (χ2v) is 5.66. The van der Waals surface area contributed by atoms with E-state index >= 15 is 0 Å². The summed E-state index contributed by atoms with van der Waals surface area (Å²) in [5, 5.41) is 3.80. The van der Waals surface area contributed by atoms with E-state index in [9.17, 15) is 4.79 Å². The molecule has 1 aliphatic heterocycles. The molecule has 23 heavy (non-hydrogen) atoms. The Morgan fingerprint density at radius 3 is 3.09 bits per heavy atom. The second kappa shape index (κ2) is 5.39. The first kappa shape index (κ1) is 13.8. The van der Waals surface area contributed by atoms with Crippen molar-refractivity contribution in [1.29, 1.82) is 0 Å². The maximum absolute atomic E-state index is 12.4. The fourth-order valence-electron chi connectivity index (χ4n) is 2.93. The summed E-state index contributed by atoms with van der Waals surface area (Å²) in [6.45, 7) is 3.01. The van der Waals surface area contributed by atoms with Crippen LogP contribution in [0, 0.1) is 6.92 Å². The van der Waals surface area contributed by atoms with Crippen molar-refractivity contribution in [2.75, 3.05) is 13.1 Å². The lowest BCUT2D eigenvalue weighted by Crippen LogP contribution is -2.34. The Bertz CT molecular complexity index is 906. The van der Waals surface area contributed by atoms with E-state index in [4.69, 9.17) is 4.52 Å². The van der Waals surface area contributed by atoms with Gasteiger partial charge >= 0.3 is 0 Å². The van der Waals surface area contributed by atoms with Crippen LogP contribution in [0.1, 0.15) is 28.2 Å². The van der Waals surface area contributed by atoms with E-state index in [0.717, 1.165) is 23.0 Å². The number of nitrogens with one attached hydrogen (secondary N) is 1. The molecule has 0 saturated heterocycles. The van der Waals surface area contributed by atoms with Crippen molar-refractivity contribution in [2.45, 2.75) is 13.3 Å². The zero-order valence-electron chi connectivity index (χ0n) is 12.7. The Morgan fingerprint density at radius 1 is 1.43 bits per heavy atom. The average molecular weight is 308 g/mol. The highest BCUT2D eigenvalue weighted by atomic mass is 16.5. The molecule has 6 heteroatoms. The van der Waals surface area contributed by atoms with Crippen molar-refractivity contribution in [3.63, 3.8) is 0 Å². The average Bonchev–Trinajstić information content (AvgIpc) is 3.21. The molecule has 0 radical (unpaired) electrons. The zero-order valence-corrected chi connectivity index (χ0v) is 12.7. The van der Waals surface area contributed by atoms with Crippen LogP contribution < -0.4 is 0 Å². The molecule has 6 nitrogen and oxygen atoms in total. The van der Waals surface area contributed by atoms with E-state index in [1.807, 2.05) is 18.3 Å². The molecule has 4 rings (SSSR count). The molecular formula is C17H16N4O2. The number of hydrogen-bond donors (Lipinski definition) is 1. The number of carbonyl (C=O) groups is 1. The van der Waals surface area contributed by atoms with Gasteiger partial charge in [-0.1, -0.05) is 11.2 Å². The summed E-state index contributed by atoms with van der Waals surface area (Å²) in [6, 6.07) is 5.60. The highest BCUT2D eigenvalue weighted by Gasteiger charge is 2.22. The maximum Gasteiger partial charge on any atom is 0.276 e. The molecule has 0 fully saturated rings. The predicted octanol–water partition coefficient (Wildman–Crippen LogP) is 2.79. The van der Waals surface area contributed by atoms with Crippen LogP contribution in [0.25, 0.3) is 16.6 Å². The number of H-pyrrole nitrogens is 1. The Hall–Kier alpha value is -2.89. The number of carbonyl (C=O) groups excluding carboxylic acids is 1. The minimum Gasteiger partial charge on any atom is -0.361 e. The van der Waals surface area contributed by atoms with Crippen LogP contribution in [-0.2, 0) is 0 Å². The quantitative estimate of drug-likeness (QED) is 0.790. The lowest BCUT2D eigenvalue weighted by atomic mass is 10.0. The molecule has 0 aromatic carbocycles. The molecule has 0 atom stereocenters. The Labute approximate surface area is 132 Å². The number of aromatic nitrogens is 3. The summed E-state index contributed by atoms with van der Waals surface area (Å²) in [5.74, 6) is 0.556. The lowest BCUT2D eigenvalue weighted by molar-refractivity contribution is 0.0762. The molecule has 116 valence electrons. The topological polar surface area (TPSA) is 75.0 Å².